The lowest BCUT2D eigenvalue weighted by atomic mass is 9.99. The van der Waals surface area contributed by atoms with Crippen molar-refractivity contribution in [3.05, 3.63) is 12.2 Å². The second-order valence-electron chi connectivity index (χ2n) is 5.66. The summed E-state index contributed by atoms with van der Waals surface area (Å²) < 4.78 is 1.88. The van der Waals surface area contributed by atoms with Gasteiger partial charge in [0.25, 0.3) is 0 Å². The summed E-state index contributed by atoms with van der Waals surface area (Å²) in [5.74, 6) is 1.33. The molecule has 1 unspecified atom stereocenters. The fourth-order valence-corrected chi connectivity index (χ4v) is 3.24. The van der Waals surface area contributed by atoms with Crippen LogP contribution in [0, 0.1) is 5.92 Å². The van der Waals surface area contributed by atoms with Gasteiger partial charge < -0.3 is 11.1 Å². The van der Waals surface area contributed by atoms with Gasteiger partial charge in [0.2, 0.25) is 5.91 Å². The molecule has 120 valence electrons. The lowest BCUT2D eigenvalue weighted by Crippen LogP contribution is -2.36. The average molecular weight is 336 g/mol. The Kier molecular flexibility index (Phi) is 6.90. The molecular formula is C13H23Cl2N5O. The van der Waals surface area contributed by atoms with E-state index in [0.717, 1.165) is 44.5 Å². The zero-order valence-electron chi connectivity index (χ0n) is 11.9. The van der Waals surface area contributed by atoms with E-state index in [1.807, 2.05) is 4.68 Å². The number of amides is 1. The number of halogens is 2. The first-order chi connectivity index (χ1) is 9.24. The highest BCUT2D eigenvalue weighted by Crippen LogP contribution is 2.28. The van der Waals surface area contributed by atoms with Gasteiger partial charge in [-0.3, -0.25) is 4.79 Å². The number of nitrogens with zero attached hydrogens (tertiary/aromatic N) is 3. The van der Waals surface area contributed by atoms with Gasteiger partial charge in [-0.05, 0) is 31.6 Å². The molecule has 1 saturated carbocycles. The summed E-state index contributed by atoms with van der Waals surface area (Å²) in [5.41, 5.74) is 6.01. The van der Waals surface area contributed by atoms with E-state index in [9.17, 15) is 4.79 Å². The van der Waals surface area contributed by atoms with Crippen molar-refractivity contribution in [3.8, 4) is 0 Å². The Morgan fingerprint density at radius 2 is 2.14 bits per heavy atom. The van der Waals surface area contributed by atoms with Gasteiger partial charge >= 0.3 is 0 Å². The highest BCUT2D eigenvalue weighted by Gasteiger charge is 2.28. The van der Waals surface area contributed by atoms with Gasteiger partial charge in [-0.15, -0.1) is 24.8 Å². The maximum atomic E-state index is 12.1. The number of rotatable bonds is 3. The minimum Gasteiger partial charge on any atom is -0.346 e. The zero-order chi connectivity index (χ0) is 13.2. The van der Waals surface area contributed by atoms with Crippen LogP contribution < -0.4 is 11.1 Å². The lowest BCUT2D eigenvalue weighted by molar-refractivity contribution is -0.123. The molecule has 1 amide bonds. The van der Waals surface area contributed by atoms with Crippen LogP contribution in [0.25, 0.3) is 0 Å². The van der Waals surface area contributed by atoms with Crippen molar-refractivity contribution in [1.29, 1.82) is 0 Å². The average Bonchev–Trinajstić information content (AvgIpc) is 3.00. The highest BCUT2D eigenvalue weighted by molar-refractivity contribution is 5.85. The van der Waals surface area contributed by atoms with Gasteiger partial charge in [-0.25, -0.2) is 9.67 Å². The first kappa shape index (κ1) is 18.2. The number of nitrogens with one attached hydrogen (secondary N) is 1. The summed E-state index contributed by atoms with van der Waals surface area (Å²) in [6, 6.07) is 0.210. The molecule has 2 aliphatic rings. The number of hydrogen-bond donors (Lipinski definition) is 2. The predicted molar refractivity (Wildman–Crippen MR) is 84.6 cm³/mol. The molecule has 1 aromatic rings. The van der Waals surface area contributed by atoms with Crippen LogP contribution in [0.4, 0.5) is 0 Å². The first-order valence-corrected chi connectivity index (χ1v) is 7.16. The molecule has 6 nitrogen and oxygen atoms in total. The summed E-state index contributed by atoms with van der Waals surface area (Å²) in [5, 5.41) is 7.25. The molecule has 0 spiro atoms. The van der Waals surface area contributed by atoms with E-state index in [0.29, 0.717) is 12.3 Å². The van der Waals surface area contributed by atoms with Gasteiger partial charge in [0.15, 0.2) is 0 Å². The van der Waals surface area contributed by atoms with Gasteiger partial charge in [0, 0.05) is 19.0 Å². The minimum atomic E-state index is 0. The summed E-state index contributed by atoms with van der Waals surface area (Å²) in [6.07, 6.45) is 7.37. The molecule has 0 bridgehead atoms. The largest absolute Gasteiger partial charge is 0.346 e. The molecule has 0 saturated heterocycles. The fourth-order valence-electron chi connectivity index (χ4n) is 3.24. The molecule has 0 radical (unpaired) electrons. The smallest absolute Gasteiger partial charge is 0.220 e. The van der Waals surface area contributed by atoms with E-state index >= 15 is 0 Å². The number of nitrogens with two attached hydrogens (primary N) is 1. The number of carbonyl (C=O) groups excluding carboxylic acids is 1. The summed E-state index contributed by atoms with van der Waals surface area (Å²) in [7, 11) is 0. The predicted octanol–water partition coefficient (Wildman–Crippen LogP) is 1.59. The van der Waals surface area contributed by atoms with E-state index in [2.05, 4.69) is 15.4 Å². The summed E-state index contributed by atoms with van der Waals surface area (Å²) in [6.45, 7) is 0.898. The van der Waals surface area contributed by atoms with Crippen LogP contribution in [-0.2, 0) is 11.3 Å². The molecule has 21 heavy (non-hydrogen) atoms. The van der Waals surface area contributed by atoms with Crippen LogP contribution >= 0.6 is 24.8 Å². The van der Waals surface area contributed by atoms with Crippen molar-refractivity contribution >= 4 is 30.7 Å². The molecule has 3 rings (SSSR count). The molecule has 1 aliphatic carbocycles. The number of carbonyl (C=O) groups is 1. The van der Waals surface area contributed by atoms with Gasteiger partial charge in [-0.2, -0.15) is 5.10 Å². The number of aryl methyl sites for hydroxylation is 1. The van der Waals surface area contributed by atoms with Crippen molar-refractivity contribution in [2.24, 2.45) is 11.7 Å². The fraction of sp³-hybridized carbons (Fsp3) is 0.769. The SMILES string of the molecule is Cl.Cl.N[C@@H]1CCC[C@H]1CC(=O)NC1CCCn2ncnc21. The molecule has 1 fully saturated rings. The van der Waals surface area contributed by atoms with Crippen molar-refractivity contribution in [2.45, 2.75) is 57.2 Å². The third-order valence-electron chi connectivity index (χ3n) is 4.32. The van der Waals surface area contributed by atoms with E-state index < -0.39 is 0 Å². The van der Waals surface area contributed by atoms with Crippen LogP contribution in [0.5, 0.6) is 0 Å². The van der Waals surface area contributed by atoms with E-state index in [1.54, 1.807) is 6.33 Å². The van der Waals surface area contributed by atoms with E-state index in [-0.39, 0.29) is 42.8 Å². The quantitative estimate of drug-likeness (QED) is 0.878. The molecule has 0 aromatic carbocycles. The molecule has 2 heterocycles. The standard InChI is InChI=1S/C13H21N5O.2ClH/c14-10-4-1-3-9(10)7-12(19)17-11-5-2-6-18-13(11)15-8-16-18;;/h8-11H,1-7,14H2,(H,17,19);2*1H/t9-,10+,11?;;/m0../s1. The Hall–Kier alpha value is -0.850. The summed E-state index contributed by atoms with van der Waals surface area (Å²) in [4.78, 5) is 16.4. The molecule has 1 aromatic heterocycles. The van der Waals surface area contributed by atoms with Crippen LogP contribution in [-0.4, -0.2) is 26.7 Å². The monoisotopic (exact) mass is 335 g/mol. The van der Waals surface area contributed by atoms with Crippen LogP contribution in [0.15, 0.2) is 6.33 Å². The molecule has 3 atom stereocenters. The maximum absolute atomic E-state index is 12.1. The van der Waals surface area contributed by atoms with Crippen LogP contribution in [0.1, 0.15) is 50.4 Å². The third-order valence-corrected chi connectivity index (χ3v) is 4.32. The van der Waals surface area contributed by atoms with Crippen molar-refractivity contribution in [2.75, 3.05) is 0 Å². The Morgan fingerprint density at radius 1 is 1.33 bits per heavy atom. The Labute approximate surface area is 137 Å². The number of fused-ring (bicyclic) bond motifs is 1. The minimum absolute atomic E-state index is 0. The second kappa shape index (κ2) is 7.96. The zero-order valence-corrected chi connectivity index (χ0v) is 13.5. The molecular weight excluding hydrogens is 313 g/mol. The molecule has 1 aliphatic heterocycles. The first-order valence-electron chi connectivity index (χ1n) is 7.16. The highest BCUT2D eigenvalue weighted by atomic mass is 35.5. The van der Waals surface area contributed by atoms with Crippen LogP contribution in [0.2, 0.25) is 0 Å². The topological polar surface area (TPSA) is 85.8 Å². The Balaban J connectivity index is 0.00000110. The lowest BCUT2D eigenvalue weighted by Gasteiger charge is -2.24. The Morgan fingerprint density at radius 3 is 2.86 bits per heavy atom. The number of aromatic nitrogens is 3. The maximum Gasteiger partial charge on any atom is 0.220 e. The van der Waals surface area contributed by atoms with Crippen molar-refractivity contribution < 1.29 is 4.79 Å². The van der Waals surface area contributed by atoms with Gasteiger partial charge in [-0.1, -0.05) is 6.42 Å². The third kappa shape index (κ3) is 4.08. The van der Waals surface area contributed by atoms with Crippen molar-refractivity contribution in [3.63, 3.8) is 0 Å². The van der Waals surface area contributed by atoms with Gasteiger partial charge in [0.05, 0.1) is 6.04 Å². The number of hydrogen-bond acceptors (Lipinski definition) is 4. The van der Waals surface area contributed by atoms with Gasteiger partial charge in [0.1, 0.15) is 12.2 Å². The normalized spacial score (nSPS) is 27.2. The van der Waals surface area contributed by atoms with Crippen LogP contribution in [0.3, 0.4) is 0 Å². The molecule has 3 N–H and O–H groups in total. The second-order valence-corrected chi connectivity index (χ2v) is 5.66. The van der Waals surface area contributed by atoms with E-state index in [1.165, 1.54) is 0 Å². The van der Waals surface area contributed by atoms with Crippen molar-refractivity contribution in [1.82, 2.24) is 20.1 Å². The molecule has 8 heteroatoms. The Bertz CT molecular complexity index is 467. The van der Waals surface area contributed by atoms with E-state index in [4.69, 9.17) is 5.73 Å². The summed E-state index contributed by atoms with van der Waals surface area (Å²) >= 11 is 0.